The van der Waals surface area contributed by atoms with Gasteiger partial charge in [-0.25, -0.2) is 0 Å². The fourth-order valence-electron chi connectivity index (χ4n) is 2.51. The van der Waals surface area contributed by atoms with Crippen LogP contribution < -0.4 is 5.90 Å². The highest BCUT2D eigenvalue weighted by molar-refractivity contribution is 7.47. The van der Waals surface area contributed by atoms with Crippen LogP contribution in [-0.4, -0.2) is 11.5 Å². The van der Waals surface area contributed by atoms with E-state index in [0.29, 0.717) is 0 Å². The maximum atomic E-state index is 11.0. The Morgan fingerprint density at radius 1 is 0.818 bits per heavy atom. The summed E-state index contributed by atoms with van der Waals surface area (Å²) in [6.07, 6.45) is 18.0. The molecule has 0 spiro atoms. The van der Waals surface area contributed by atoms with Crippen molar-refractivity contribution in [3.05, 3.63) is 0 Å². The number of hydrogen-bond acceptors (Lipinski definition) is 3. The summed E-state index contributed by atoms with van der Waals surface area (Å²) in [7, 11) is -3.87. The molecule has 4 N–H and O–H groups in total. The molecule has 22 heavy (non-hydrogen) atoms. The van der Waals surface area contributed by atoms with Gasteiger partial charge >= 0.3 is 7.82 Å². The van der Waals surface area contributed by atoms with Crippen molar-refractivity contribution in [1.82, 2.24) is 0 Å². The normalized spacial score (nSPS) is 14.1. The molecule has 0 aliphatic heterocycles. The van der Waals surface area contributed by atoms with E-state index in [2.05, 4.69) is 17.4 Å². The van der Waals surface area contributed by atoms with Crippen LogP contribution in [0.2, 0.25) is 0 Å². The molecule has 0 rings (SSSR count). The van der Waals surface area contributed by atoms with Crippen molar-refractivity contribution in [3.63, 3.8) is 0 Å². The van der Waals surface area contributed by atoms with Crippen molar-refractivity contribution >= 4 is 7.82 Å². The minimum absolute atomic E-state index is 0.265. The van der Waals surface area contributed by atoms with Crippen LogP contribution in [0.1, 0.15) is 96.8 Å². The van der Waals surface area contributed by atoms with Crippen molar-refractivity contribution < 1.29 is 24.5 Å². The molecule has 0 saturated carbocycles. The van der Waals surface area contributed by atoms with Gasteiger partial charge in [-0.2, -0.15) is 10.5 Å². The Hall–Kier alpha value is 0.0700. The zero-order chi connectivity index (χ0) is 16.5. The summed E-state index contributed by atoms with van der Waals surface area (Å²) in [5.74, 6) is 2.91. The van der Waals surface area contributed by atoms with Crippen LogP contribution in [0.4, 0.5) is 0 Å². The summed E-state index contributed by atoms with van der Waals surface area (Å²) in [6, 6.07) is 0. The quantitative estimate of drug-likeness (QED) is 0.173. The van der Waals surface area contributed by atoms with Gasteiger partial charge in [-0.3, -0.25) is 4.89 Å². The molecule has 0 aliphatic carbocycles. The maximum absolute atomic E-state index is 11.0. The molecule has 5 nitrogen and oxygen atoms in total. The highest BCUT2D eigenvalue weighted by atomic mass is 31.2. The van der Waals surface area contributed by atoms with Crippen molar-refractivity contribution in [3.8, 4) is 0 Å². The Kier molecular flexibility index (Phi) is 16.0. The molecule has 0 aromatic carbocycles. The number of hydrogen-bond donors (Lipinski definition) is 2. The minimum atomic E-state index is -3.87. The molecule has 0 bridgehead atoms. The maximum Gasteiger partial charge on any atom is 0.754 e. The topological polar surface area (TPSA) is 85.5 Å². The van der Waals surface area contributed by atoms with E-state index < -0.39 is 7.82 Å². The Morgan fingerprint density at radius 3 is 1.55 bits per heavy atom. The van der Waals surface area contributed by atoms with Crippen LogP contribution in [0.25, 0.3) is 0 Å². The van der Waals surface area contributed by atoms with E-state index >= 15 is 0 Å². The lowest BCUT2D eigenvalue weighted by Gasteiger charge is -2.02. The highest BCUT2D eigenvalue weighted by Gasteiger charge is 2.38. The fraction of sp³-hybridized carbons (Fsp3) is 1.00. The molecular formula is C16H37NO4P+2. The largest absolute Gasteiger partial charge is 0.754 e. The SMILES string of the molecule is CCCCCCCCCCCCCCCC[O+]P(=O)(O)O[NH3+]. The lowest BCUT2D eigenvalue weighted by molar-refractivity contribution is -0.643. The molecule has 0 fully saturated rings. The summed E-state index contributed by atoms with van der Waals surface area (Å²) in [5, 5.41) is 0. The van der Waals surface area contributed by atoms with Gasteiger partial charge in [-0.1, -0.05) is 88.5 Å². The van der Waals surface area contributed by atoms with E-state index in [1.54, 1.807) is 0 Å². The molecular weight excluding hydrogens is 301 g/mol. The third kappa shape index (κ3) is 16.4. The van der Waals surface area contributed by atoms with Gasteiger partial charge in [0.05, 0.1) is 0 Å². The van der Waals surface area contributed by atoms with E-state index in [1.165, 1.54) is 77.0 Å². The Labute approximate surface area is 136 Å². The van der Waals surface area contributed by atoms with Crippen LogP contribution >= 0.6 is 7.82 Å². The van der Waals surface area contributed by atoms with E-state index in [-0.39, 0.29) is 6.61 Å². The standard InChI is InChI=1S/C16H36NO4P/c1-2-3-4-5-6-7-8-9-10-11-12-13-14-15-16-20-22(18,19)21-17/h2-16H2,1,17H3/q+1/p+1. The Bertz CT molecular complexity index is 277. The number of quaternary nitrogens is 1. The summed E-state index contributed by atoms with van der Waals surface area (Å²) >= 11 is 0. The van der Waals surface area contributed by atoms with Crippen molar-refractivity contribution in [2.45, 2.75) is 96.8 Å². The molecule has 1 atom stereocenters. The monoisotopic (exact) mass is 338 g/mol. The first kappa shape index (κ1) is 22.1. The summed E-state index contributed by atoms with van der Waals surface area (Å²) < 4.78 is 19.8. The third-order valence-electron chi connectivity index (χ3n) is 3.92. The molecule has 0 aromatic rings. The van der Waals surface area contributed by atoms with Gasteiger partial charge in [0.2, 0.25) is 6.61 Å². The molecule has 0 amide bonds. The van der Waals surface area contributed by atoms with Gasteiger partial charge in [0.1, 0.15) is 0 Å². The van der Waals surface area contributed by atoms with Gasteiger partial charge in [0.25, 0.3) is 0 Å². The Morgan fingerprint density at radius 2 is 1.18 bits per heavy atom. The average molecular weight is 338 g/mol. The molecule has 0 heterocycles. The first-order chi connectivity index (χ1) is 10.6. The van der Waals surface area contributed by atoms with Crippen LogP contribution in [0.5, 0.6) is 0 Å². The van der Waals surface area contributed by atoms with E-state index in [4.69, 9.17) is 9.42 Å². The Balaban J connectivity index is 3.07. The van der Waals surface area contributed by atoms with Gasteiger partial charge < -0.3 is 0 Å². The number of phosphoric ester groups is 1. The lowest BCUT2D eigenvalue weighted by Crippen LogP contribution is -2.47. The average Bonchev–Trinajstić information content (AvgIpc) is 2.51. The smallest absolute Gasteiger partial charge is 0.253 e. The number of unbranched alkanes of at least 4 members (excludes halogenated alkanes) is 13. The highest BCUT2D eigenvalue weighted by Crippen LogP contribution is 2.40. The molecule has 6 heteroatoms. The van der Waals surface area contributed by atoms with Gasteiger partial charge in [-0.05, 0) is 11.0 Å². The van der Waals surface area contributed by atoms with Gasteiger partial charge in [-0.15, -0.1) is 0 Å². The van der Waals surface area contributed by atoms with Gasteiger partial charge in [0, 0.05) is 6.42 Å². The molecule has 0 aliphatic rings. The minimum Gasteiger partial charge on any atom is -0.253 e. The predicted octanol–water partition coefficient (Wildman–Crippen LogP) is 4.76. The first-order valence-corrected chi connectivity index (χ1v) is 10.5. The second-order valence-corrected chi connectivity index (χ2v) is 7.48. The lowest BCUT2D eigenvalue weighted by atomic mass is 10.0. The zero-order valence-electron chi connectivity index (χ0n) is 14.4. The van der Waals surface area contributed by atoms with Gasteiger partial charge in [0.15, 0.2) is 0 Å². The van der Waals surface area contributed by atoms with Crippen LogP contribution in [0.3, 0.4) is 0 Å². The molecule has 133 valence electrons. The van der Waals surface area contributed by atoms with Crippen LogP contribution in [0.15, 0.2) is 0 Å². The molecule has 1 radical (unpaired) electrons. The van der Waals surface area contributed by atoms with E-state index in [9.17, 15) is 4.57 Å². The van der Waals surface area contributed by atoms with E-state index in [0.717, 1.165) is 12.8 Å². The van der Waals surface area contributed by atoms with Crippen LogP contribution in [0, 0.1) is 0 Å². The van der Waals surface area contributed by atoms with Crippen LogP contribution in [-0.2, 0) is 13.7 Å². The molecule has 0 saturated heterocycles. The zero-order valence-corrected chi connectivity index (χ0v) is 15.3. The predicted molar refractivity (Wildman–Crippen MR) is 90.1 cm³/mol. The number of phosphoric acid groups is 1. The summed E-state index contributed by atoms with van der Waals surface area (Å²) in [6.45, 7) is 2.52. The number of rotatable bonds is 17. The van der Waals surface area contributed by atoms with Crippen molar-refractivity contribution in [2.24, 2.45) is 0 Å². The van der Waals surface area contributed by atoms with Crippen molar-refractivity contribution in [2.75, 3.05) is 6.61 Å². The third-order valence-corrected chi connectivity index (χ3v) is 4.75. The second kappa shape index (κ2) is 15.9. The summed E-state index contributed by atoms with van der Waals surface area (Å²) in [5.41, 5.74) is 0. The van der Waals surface area contributed by atoms with E-state index in [1.807, 2.05) is 0 Å². The summed E-state index contributed by atoms with van der Waals surface area (Å²) in [4.78, 5) is 8.98. The fourth-order valence-corrected chi connectivity index (χ4v) is 2.95. The first-order valence-electron chi connectivity index (χ1n) is 9.03. The van der Waals surface area contributed by atoms with Crippen molar-refractivity contribution in [1.29, 1.82) is 0 Å². The second-order valence-electron chi connectivity index (χ2n) is 6.03. The molecule has 0 aromatic heterocycles. The molecule has 1 unspecified atom stereocenters.